The Morgan fingerprint density at radius 1 is 0.500 bits per heavy atom. The van der Waals surface area contributed by atoms with Crippen molar-refractivity contribution in [1.29, 1.82) is 0 Å². The number of aryl methyl sites for hydroxylation is 4. The van der Waals surface area contributed by atoms with Crippen LogP contribution in [0.3, 0.4) is 0 Å². The Morgan fingerprint density at radius 3 is 1.27 bits per heavy atom. The standard InChI is InChI=1S/C22H16Cl2.4CH3.2Sn/c23-21-8-2-6-19(15-21)12-10-17-4-1-5-18(14-17)11-13-20-7-3-9-22(24)16-20;;;;;;/h1-3,8-9,14-16H,10-13H2;4*1H3;;. The topological polar surface area (TPSA) is 0 Å². The number of hydrogen-bond donors (Lipinski definition) is 0. The van der Waals surface area contributed by atoms with Crippen LogP contribution < -0.4 is 14.3 Å². The van der Waals surface area contributed by atoms with E-state index in [1.165, 1.54) is 11.1 Å². The molecule has 0 amide bonds. The summed E-state index contributed by atoms with van der Waals surface area (Å²) in [5, 5.41) is 1.76. The van der Waals surface area contributed by atoms with Crippen LogP contribution in [0.15, 0.2) is 48.5 Å². The van der Waals surface area contributed by atoms with Gasteiger partial charge in [-0.2, -0.15) is 0 Å². The maximum atomic E-state index is 6.37. The minimum absolute atomic E-state index is 0.880. The minimum atomic E-state index is -2.70. The molecule has 0 unspecified atom stereocenters. The van der Waals surface area contributed by atoms with Crippen molar-refractivity contribution in [3.8, 4) is 0 Å². The van der Waals surface area contributed by atoms with Gasteiger partial charge in [0, 0.05) is 0 Å². The fourth-order valence-electron chi connectivity index (χ4n) is 5.86. The zero-order valence-corrected chi connectivity index (χ0v) is 25.4. The fraction of sp³-hybridized carbons (Fsp3) is 0.308. The van der Waals surface area contributed by atoms with E-state index in [9.17, 15) is 0 Å². The van der Waals surface area contributed by atoms with Gasteiger partial charge >= 0.3 is 201 Å². The predicted octanol–water partition coefficient (Wildman–Crippen LogP) is 4.84. The van der Waals surface area contributed by atoms with Crippen LogP contribution in [0.2, 0.25) is 29.8 Å². The van der Waals surface area contributed by atoms with Crippen molar-refractivity contribution in [2.24, 2.45) is 0 Å². The molecule has 2 aliphatic rings. The average Bonchev–Trinajstić information content (AvgIpc) is 2.86. The average molecular weight is 649 g/mol. The molecule has 0 bridgehead atoms. The van der Waals surface area contributed by atoms with E-state index in [1.807, 2.05) is 0 Å². The van der Waals surface area contributed by atoms with Crippen LogP contribution in [-0.4, -0.2) is 36.8 Å². The van der Waals surface area contributed by atoms with Crippen LogP contribution in [0, 0.1) is 0 Å². The molecule has 0 radical (unpaired) electrons. The van der Waals surface area contributed by atoms with E-state index >= 15 is 0 Å². The molecule has 0 saturated heterocycles. The molecule has 0 aromatic heterocycles. The van der Waals surface area contributed by atoms with E-state index in [2.05, 4.69) is 68.3 Å². The first-order chi connectivity index (χ1) is 14.2. The monoisotopic (exact) mass is 650 g/mol. The summed E-state index contributed by atoms with van der Waals surface area (Å²) in [6, 6.07) is 18.7. The summed E-state index contributed by atoms with van der Waals surface area (Å²) < 4.78 is 6.74. The Labute approximate surface area is 198 Å². The molecule has 0 spiro atoms. The van der Waals surface area contributed by atoms with Gasteiger partial charge in [-0.05, 0) is 0 Å². The summed E-state index contributed by atoms with van der Waals surface area (Å²) in [5.74, 6) is 0. The first kappa shape index (κ1) is 21.7. The van der Waals surface area contributed by atoms with E-state index in [0.29, 0.717) is 0 Å². The van der Waals surface area contributed by atoms with Crippen LogP contribution in [0.25, 0.3) is 0 Å². The van der Waals surface area contributed by atoms with E-state index in [0.717, 1.165) is 35.7 Å². The summed E-state index contributed by atoms with van der Waals surface area (Å²) in [4.78, 5) is 10.4. The summed E-state index contributed by atoms with van der Waals surface area (Å²) >= 11 is 7.35. The molecule has 0 N–H and O–H groups in total. The number of hydrogen-bond acceptors (Lipinski definition) is 0. The van der Waals surface area contributed by atoms with E-state index in [1.54, 1.807) is 25.4 Å². The number of fused-ring (bicyclic) bond motifs is 4. The van der Waals surface area contributed by atoms with Gasteiger partial charge < -0.3 is 0 Å². The van der Waals surface area contributed by atoms with Crippen molar-refractivity contribution in [3.05, 3.63) is 80.8 Å². The molecule has 3 aromatic carbocycles. The molecule has 5 rings (SSSR count). The number of rotatable bonds is 0. The molecule has 4 heteroatoms. The zero-order valence-electron chi connectivity index (χ0n) is 18.2. The van der Waals surface area contributed by atoms with Gasteiger partial charge in [0.05, 0.1) is 0 Å². The second-order valence-electron chi connectivity index (χ2n) is 10.0. The van der Waals surface area contributed by atoms with Crippen molar-refractivity contribution in [1.82, 2.24) is 0 Å². The van der Waals surface area contributed by atoms with Crippen molar-refractivity contribution in [3.63, 3.8) is 0 Å². The van der Waals surface area contributed by atoms with E-state index < -0.39 is 36.8 Å². The third kappa shape index (κ3) is 3.49. The maximum absolute atomic E-state index is 6.37. The molecule has 30 heavy (non-hydrogen) atoms. The van der Waals surface area contributed by atoms with Crippen LogP contribution >= 0.6 is 23.2 Å². The zero-order chi connectivity index (χ0) is 21.3. The van der Waals surface area contributed by atoms with Crippen molar-refractivity contribution in [2.45, 2.75) is 45.4 Å². The quantitative estimate of drug-likeness (QED) is 0.307. The van der Waals surface area contributed by atoms with Crippen molar-refractivity contribution < 1.29 is 0 Å². The van der Waals surface area contributed by atoms with Gasteiger partial charge in [-0.15, -0.1) is 0 Å². The van der Waals surface area contributed by atoms with E-state index in [4.69, 9.17) is 23.2 Å². The number of benzene rings is 3. The summed E-state index contributed by atoms with van der Waals surface area (Å²) in [6.45, 7) is 0. The molecule has 0 saturated carbocycles. The Balaban J connectivity index is 1.73. The molecule has 0 fully saturated rings. The van der Waals surface area contributed by atoms with Gasteiger partial charge in [0.1, 0.15) is 0 Å². The molecule has 154 valence electrons. The summed E-state index contributed by atoms with van der Waals surface area (Å²) in [7, 11) is 0. The van der Waals surface area contributed by atoms with Crippen LogP contribution in [-0.2, 0) is 25.7 Å². The normalized spacial score (nSPS) is 18.3. The molecule has 0 atom stereocenters. The Hall–Kier alpha value is -0.163. The van der Waals surface area contributed by atoms with Crippen LogP contribution in [0.5, 0.6) is 0 Å². The SMILES string of the molecule is [CH3][Sn]1([CH3])[c]2ccc(Cl)cc2CCc2cc3[c](c[c]21)[Sn]([CH3])([CH3])[c]1ccc(Cl)cc1CC3. The van der Waals surface area contributed by atoms with Crippen LogP contribution in [0.4, 0.5) is 0 Å². The molecule has 2 heterocycles. The summed E-state index contributed by atoms with van der Waals surface area (Å²) in [6.07, 6.45) is 4.52. The second-order valence-corrected chi connectivity index (χ2v) is 35.6. The van der Waals surface area contributed by atoms with Crippen molar-refractivity contribution in [2.75, 3.05) is 0 Å². The van der Waals surface area contributed by atoms with Gasteiger partial charge in [-0.25, -0.2) is 0 Å². The predicted molar refractivity (Wildman–Crippen MR) is 138 cm³/mol. The Bertz CT molecular complexity index is 1090. The Kier molecular flexibility index (Phi) is 5.57. The van der Waals surface area contributed by atoms with Crippen molar-refractivity contribution >= 4 is 74.3 Å². The molecular weight excluding hydrogens is 621 g/mol. The van der Waals surface area contributed by atoms with Gasteiger partial charge in [0.2, 0.25) is 0 Å². The summed E-state index contributed by atoms with van der Waals surface area (Å²) in [5.41, 5.74) is 6.23. The fourth-order valence-corrected chi connectivity index (χ4v) is 26.2. The van der Waals surface area contributed by atoms with Gasteiger partial charge in [-0.3, -0.25) is 0 Å². The third-order valence-corrected chi connectivity index (χ3v) is 28.8. The first-order valence-corrected chi connectivity index (χ1v) is 28.8. The Morgan fingerprint density at radius 2 is 0.867 bits per heavy atom. The molecule has 0 aliphatic carbocycles. The molecule has 2 aliphatic heterocycles. The van der Waals surface area contributed by atoms with Gasteiger partial charge in [0.25, 0.3) is 0 Å². The first-order valence-electron chi connectivity index (χ1n) is 10.9. The third-order valence-electron chi connectivity index (χ3n) is 7.48. The second kappa shape index (κ2) is 7.71. The molecular formula is C26H28Cl2Sn2. The van der Waals surface area contributed by atoms with Gasteiger partial charge in [0.15, 0.2) is 0 Å². The molecule has 3 aromatic rings. The van der Waals surface area contributed by atoms with Crippen LogP contribution in [0.1, 0.15) is 22.3 Å². The van der Waals surface area contributed by atoms with Gasteiger partial charge in [-0.1, -0.05) is 0 Å². The van der Waals surface area contributed by atoms with E-state index in [-0.39, 0.29) is 0 Å². The number of halogens is 2. The molecule has 0 nitrogen and oxygen atoms in total.